The van der Waals surface area contributed by atoms with Crippen molar-refractivity contribution < 1.29 is 13.2 Å². The fourth-order valence-corrected chi connectivity index (χ4v) is 4.28. The molecule has 1 aliphatic rings. The third kappa shape index (κ3) is 4.34. The van der Waals surface area contributed by atoms with E-state index in [1.807, 2.05) is 32.0 Å². The van der Waals surface area contributed by atoms with Crippen LogP contribution in [0.1, 0.15) is 51.0 Å². The predicted molar refractivity (Wildman–Crippen MR) is 101 cm³/mol. The van der Waals surface area contributed by atoms with Crippen molar-refractivity contribution >= 4 is 15.7 Å². The van der Waals surface area contributed by atoms with Crippen molar-refractivity contribution in [2.45, 2.75) is 56.4 Å². The SMILES string of the molecule is CC(C)c1ccccc1NS(=O)(=O)c1ccc(OC2CCCC2)cc1. The highest BCUT2D eigenvalue weighted by Crippen LogP contribution is 2.28. The van der Waals surface area contributed by atoms with Crippen molar-refractivity contribution in [3.05, 3.63) is 54.1 Å². The molecule has 134 valence electrons. The molecule has 0 saturated heterocycles. The molecule has 0 bridgehead atoms. The molecule has 0 spiro atoms. The first-order chi connectivity index (χ1) is 12.0. The number of rotatable bonds is 6. The maximum Gasteiger partial charge on any atom is 0.261 e. The van der Waals surface area contributed by atoms with Crippen LogP contribution >= 0.6 is 0 Å². The van der Waals surface area contributed by atoms with E-state index < -0.39 is 10.0 Å². The van der Waals surface area contributed by atoms with Crippen molar-refractivity contribution in [3.63, 3.8) is 0 Å². The molecule has 5 heteroatoms. The van der Waals surface area contributed by atoms with Gasteiger partial charge in [-0.2, -0.15) is 0 Å². The van der Waals surface area contributed by atoms with Crippen LogP contribution in [0.3, 0.4) is 0 Å². The molecule has 0 atom stereocenters. The summed E-state index contributed by atoms with van der Waals surface area (Å²) in [4.78, 5) is 0.241. The minimum Gasteiger partial charge on any atom is -0.490 e. The number of anilines is 1. The smallest absolute Gasteiger partial charge is 0.261 e. The van der Waals surface area contributed by atoms with Crippen LogP contribution in [0.4, 0.5) is 5.69 Å². The largest absolute Gasteiger partial charge is 0.490 e. The van der Waals surface area contributed by atoms with E-state index in [4.69, 9.17) is 4.74 Å². The number of hydrogen-bond acceptors (Lipinski definition) is 3. The number of para-hydroxylation sites is 1. The highest BCUT2D eigenvalue weighted by molar-refractivity contribution is 7.92. The Labute approximate surface area is 150 Å². The lowest BCUT2D eigenvalue weighted by molar-refractivity contribution is 0.210. The summed E-state index contributed by atoms with van der Waals surface area (Å²) in [6.45, 7) is 4.09. The van der Waals surface area contributed by atoms with E-state index in [0.717, 1.165) is 24.2 Å². The Balaban J connectivity index is 1.76. The molecule has 1 saturated carbocycles. The number of nitrogens with one attached hydrogen (secondary N) is 1. The van der Waals surface area contributed by atoms with Gasteiger partial charge in [-0.05, 0) is 67.5 Å². The quantitative estimate of drug-likeness (QED) is 0.795. The lowest BCUT2D eigenvalue weighted by atomic mass is 10.0. The topological polar surface area (TPSA) is 55.4 Å². The molecule has 0 unspecified atom stereocenters. The Morgan fingerprint density at radius 1 is 1.00 bits per heavy atom. The molecule has 3 rings (SSSR count). The van der Waals surface area contributed by atoms with Gasteiger partial charge >= 0.3 is 0 Å². The van der Waals surface area contributed by atoms with Crippen LogP contribution in [0.2, 0.25) is 0 Å². The Morgan fingerprint density at radius 2 is 1.64 bits per heavy atom. The van der Waals surface area contributed by atoms with Gasteiger partial charge in [0, 0.05) is 0 Å². The molecule has 0 heterocycles. The minimum absolute atomic E-state index is 0.237. The van der Waals surface area contributed by atoms with Crippen LogP contribution < -0.4 is 9.46 Å². The summed E-state index contributed by atoms with van der Waals surface area (Å²) in [5.74, 6) is 0.967. The predicted octanol–water partition coefficient (Wildman–Crippen LogP) is 4.93. The van der Waals surface area contributed by atoms with Gasteiger partial charge in [0.05, 0.1) is 16.7 Å². The molecule has 1 fully saturated rings. The average molecular weight is 359 g/mol. The molecule has 1 N–H and O–H groups in total. The van der Waals surface area contributed by atoms with E-state index in [1.165, 1.54) is 12.8 Å². The molecule has 1 aliphatic carbocycles. The molecular weight excluding hydrogens is 334 g/mol. The molecule has 4 nitrogen and oxygen atoms in total. The van der Waals surface area contributed by atoms with Crippen molar-refractivity contribution in [3.8, 4) is 5.75 Å². The molecule has 0 radical (unpaired) electrons. The summed E-state index contributed by atoms with van der Waals surface area (Å²) < 4.78 is 34.0. The number of hydrogen-bond donors (Lipinski definition) is 1. The van der Waals surface area contributed by atoms with Crippen LogP contribution in [0.15, 0.2) is 53.4 Å². The highest BCUT2D eigenvalue weighted by Gasteiger charge is 2.19. The zero-order chi connectivity index (χ0) is 17.9. The van der Waals surface area contributed by atoms with Gasteiger partial charge in [0.15, 0.2) is 0 Å². The van der Waals surface area contributed by atoms with Gasteiger partial charge < -0.3 is 4.74 Å². The lowest BCUT2D eigenvalue weighted by Crippen LogP contribution is -2.15. The third-order valence-electron chi connectivity index (χ3n) is 4.57. The first-order valence-electron chi connectivity index (χ1n) is 8.84. The van der Waals surface area contributed by atoms with Crippen molar-refractivity contribution in [2.24, 2.45) is 0 Å². The van der Waals surface area contributed by atoms with Gasteiger partial charge in [-0.25, -0.2) is 8.42 Å². The van der Waals surface area contributed by atoms with E-state index in [1.54, 1.807) is 30.3 Å². The molecule has 2 aromatic rings. The van der Waals surface area contributed by atoms with Crippen molar-refractivity contribution in [1.29, 1.82) is 0 Å². The monoisotopic (exact) mass is 359 g/mol. The molecule has 0 aliphatic heterocycles. The molecule has 2 aromatic carbocycles. The summed E-state index contributed by atoms with van der Waals surface area (Å²) in [6, 6.07) is 14.2. The Bertz CT molecular complexity index is 807. The molecule has 25 heavy (non-hydrogen) atoms. The highest BCUT2D eigenvalue weighted by atomic mass is 32.2. The molecular formula is C20H25NO3S. The van der Waals surface area contributed by atoms with Crippen LogP contribution in [0.5, 0.6) is 5.75 Å². The zero-order valence-corrected chi connectivity index (χ0v) is 15.6. The first kappa shape index (κ1) is 17.8. The number of sulfonamides is 1. The van der Waals surface area contributed by atoms with Crippen LogP contribution in [0.25, 0.3) is 0 Å². The van der Waals surface area contributed by atoms with Gasteiger partial charge in [-0.3, -0.25) is 4.72 Å². The Kier molecular flexibility index (Phi) is 5.33. The van der Waals surface area contributed by atoms with E-state index in [2.05, 4.69) is 4.72 Å². The maximum absolute atomic E-state index is 12.7. The Hall–Kier alpha value is -2.01. The second-order valence-electron chi connectivity index (χ2n) is 6.84. The Morgan fingerprint density at radius 3 is 2.28 bits per heavy atom. The van der Waals surface area contributed by atoms with Gasteiger partial charge in [-0.1, -0.05) is 32.0 Å². The van der Waals surface area contributed by atoms with Crippen LogP contribution in [-0.2, 0) is 10.0 Å². The zero-order valence-electron chi connectivity index (χ0n) is 14.7. The summed E-state index contributed by atoms with van der Waals surface area (Å²) in [5.41, 5.74) is 1.61. The number of ether oxygens (including phenoxy) is 1. The summed E-state index contributed by atoms with van der Waals surface area (Å²) in [5, 5.41) is 0. The summed E-state index contributed by atoms with van der Waals surface area (Å²) >= 11 is 0. The van der Waals surface area contributed by atoms with E-state index in [9.17, 15) is 8.42 Å². The lowest BCUT2D eigenvalue weighted by Gasteiger charge is -2.16. The van der Waals surface area contributed by atoms with Gasteiger partial charge in [0.2, 0.25) is 0 Å². The average Bonchev–Trinajstić information content (AvgIpc) is 3.08. The third-order valence-corrected chi connectivity index (χ3v) is 5.95. The summed E-state index contributed by atoms with van der Waals surface area (Å²) in [6.07, 6.45) is 4.83. The summed E-state index contributed by atoms with van der Waals surface area (Å²) in [7, 11) is -3.62. The van der Waals surface area contributed by atoms with Crippen LogP contribution in [0, 0.1) is 0 Å². The van der Waals surface area contributed by atoms with Crippen molar-refractivity contribution in [2.75, 3.05) is 4.72 Å². The van der Waals surface area contributed by atoms with E-state index in [0.29, 0.717) is 5.69 Å². The second kappa shape index (κ2) is 7.48. The fourth-order valence-electron chi connectivity index (χ4n) is 3.19. The number of benzene rings is 2. The van der Waals surface area contributed by atoms with Crippen molar-refractivity contribution in [1.82, 2.24) is 0 Å². The minimum atomic E-state index is -3.62. The fraction of sp³-hybridized carbons (Fsp3) is 0.400. The van der Waals surface area contributed by atoms with Crippen LogP contribution in [-0.4, -0.2) is 14.5 Å². The molecule has 0 amide bonds. The standard InChI is InChI=1S/C20H25NO3S/c1-15(2)19-9-5-6-10-20(19)21-25(22,23)18-13-11-17(12-14-18)24-16-7-3-4-8-16/h5-6,9-16,21H,3-4,7-8H2,1-2H3. The normalized spacial score (nSPS) is 15.5. The van der Waals surface area contributed by atoms with Gasteiger partial charge in [-0.15, -0.1) is 0 Å². The second-order valence-corrected chi connectivity index (χ2v) is 8.53. The van der Waals surface area contributed by atoms with E-state index >= 15 is 0 Å². The molecule has 0 aromatic heterocycles. The van der Waals surface area contributed by atoms with Gasteiger partial charge in [0.25, 0.3) is 10.0 Å². The van der Waals surface area contributed by atoms with E-state index in [-0.39, 0.29) is 16.9 Å². The first-order valence-corrected chi connectivity index (χ1v) is 10.3. The van der Waals surface area contributed by atoms with Gasteiger partial charge in [0.1, 0.15) is 5.75 Å². The maximum atomic E-state index is 12.7.